The van der Waals surface area contributed by atoms with E-state index in [0.29, 0.717) is 12.1 Å². The third-order valence-electron chi connectivity index (χ3n) is 4.03. The molecular formula is C15H20FNO2. The Kier molecular flexibility index (Phi) is 4.20. The van der Waals surface area contributed by atoms with Crippen molar-refractivity contribution in [2.75, 3.05) is 13.1 Å². The summed E-state index contributed by atoms with van der Waals surface area (Å²) in [6, 6.07) is 5.31. The summed E-state index contributed by atoms with van der Waals surface area (Å²) in [6.07, 6.45) is 1.62. The maximum atomic E-state index is 13.6. The molecule has 19 heavy (non-hydrogen) atoms. The Hall–Kier alpha value is -1.42. The molecule has 0 aliphatic carbocycles. The predicted octanol–water partition coefficient (Wildman–Crippen LogP) is 2.99. The molecule has 104 valence electrons. The van der Waals surface area contributed by atoms with Crippen LogP contribution < -0.4 is 0 Å². The van der Waals surface area contributed by atoms with Gasteiger partial charge < -0.3 is 5.11 Å². The van der Waals surface area contributed by atoms with Crippen LogP contribution in [0.1, 0.15) is 36.9 Å². The number of aryl methyl sites for hydroxylation is 1. The van der Waals surface area contributed by atoms with Crippen molar-refractivity contribution in [1.82, 2.24) is 4.90 Å². The molecule has 3 nitrogen and oxygen atoms in total. The molecule has 0 radical (unpaired) electrons. The summed E-state index contributed by atoms with van der Waals surface area (Å²) in [5, 5.41) is 9.10. The second-order valence-corrected chi connectivity index (χ2v) is 5.36. The molecule has 1 saturated heterocycles. The smallest absolute Gasteiger partial charge is 0.307 e. The van der Waals surface area contributed by atoms with Gasteiger partial charge in [0.15, 0.2) is 0 Å². The maximum Gasteiger partial charge on any atom is 0.307 e. The van der Waals surface area contributed by atoms with Gasteiger partial charge in [-0.2, -0.15) is 0 Å². The summed E-state index contributed by atoms with van der Waals surface area (Å²) in [4.78, 5) is 13.2. The van der Waals surface area contributed by atoms with Gasteiger partial charge in [0, 0.05) is 12.6 Å². The van der Waals surface area contributed by atoms with Crippen LogP contribution in [0.15, 0.2) is 18.2 Å². The van der Waals surface area contributed by atoms with Gasteiger partial charge in [0.2, 0.25) is 0 Å². The van der Waals surface area contributed by atoms with E-state index >= 15 is 0 Å². The zero-order chi connectivity index (χ0) is 14.0. The van der Waals surface area contributed by atoms with Gasteiger partial charge in [-0.05, 0) is 50.4 Å². The Morgan fingerprint density at radius 2 is 2.26 bits per heavy atom. The van der Waals surface area contributed by atoms with E-state index in [1.165, 1.54) is 0 Å². The molecule has 1 aromatic carbocycles. The van der Waals surface area contributed by atoms with E-state index in [2.05, 4.69) is 4.90 Å². The van der Waals surface area contributed by atoms with Crippen molar-refractivity contribution in [2.45, 2.75) is 32.7 Å². The first-order chi connectivity index (χ1) is 8.99. The number of rotatable bonds is 3. The van der Waals surface area contributed by atoms with E-state index in [1.807, 2.05) is 13.0 Å². The number of carboxylic acids is 1. The zero-order valence-corrected chi connectivity index (χ0v) is 11.4. The summed E-state index contributed by atoms with van der Waals surface area (Å²) in [5.41, 5.74) is 1.55. The molecule has 1 aliphatic heterocycles. The van der Waals surface area contributed by atoms with Gasteiger partial charge in [0.25, 0.3) is 0 Å². The van der Waals surface area contributed by atoms with Crippen molar-refractivity contribution in [3.05, 3.63) is 35.1 Å². The number of aliphatic carboxylic acids is 1. The largest absolute Gasteiger partial charge is 0.481 e. The summed E-state index contributed by atoms with van der Waals surface area (Å²) < 4.78 is 13.6. The Morgan fingerprint density at radius 1 is 1.53 bits per heavy atom. The van der Waals surface area contributed by atoms with Crippen LogP contribution in [0.3, 0.4) is 0 Å². The summed E-state index contributed by atoms with van der Waals surface area (Å²) in [6.45, 7) is 5.17. The Bertz CT molecular complexity index is 475. The van der Waals surface area contributed by atoms with Crippen molar-refractivity contribution in [3.8, 4) is 0 Å². The van der Waals surface area contributed by atoms with Gasteiger partial charge in [0.05, 0.1) is 5.92 Å². The minimum atomic E-state index is -0.730. The molecule has 2 rings (SSSR count). The minimum absolute atomic E-state index is 0.0530. The molecule has 1 aromatic rings. The van der Waals surface area contributed by atoms with Gasteiger partial charge in [0.1, 0.15) is 5.82 Å². The third-order valence-corrected chi connectivity index (χ3v) is 4.03. The summed E-state index contributed by atoms with van der Waals surface area (Å²) in [7, 11) is 0. The number of nitrogens with zero attached hydrogens (tertiary/aromatic N) is 1. The number of likely N-dealkylation sites (tertiary alicyclic amines) is 1. The fourth-order valence-corrected chi connectivity index (χ4v) is 2.64. The molecule has 0 saturated carbocycles. The molecule has 2 atom stereocenters. The highest BCUT2D eigenvalue weighted by molar-refractivity contribution is 5.70. The van der Waals surface area contributed by atoms with Crippen LogP contribution in [-0.4, -0.2) is 29.1 Å². The lowest BCUT2D eigenvalue weighted by Crippen LogP contribution is -2.40. The van der Waals surface area contributed by atoms with Gasteiger partial charge in [-0.3, -0.25) is 9.69 Å². The van der Waals surface area contributed by atoms with Crippen LogP contribution in [-0.2, 0) is 4.79 Å². The number of carboxylic acid groups (broad SMARTS) is 1. The Labute approximate surface area is 113 Å². The van der Waals surface area contributed by atoms with Gasteiger partial charge in [-0.25, -0.2) is 4.39 Å². The van der Waals surface area contributed by atoms with Crippen LogP contribution in [0.2, 0.25) is 0 Å². The van der Waals surface area contributed by atoms with E-state index in [1.54, 1.807) is 19.1 Å². The Balaban J connectivity index is 2.12. The summed E-state index contributed by atoms with van der Waals surface area (Å²) in [5.74, 6) is -1.23. The van der Waals surface area contributed by atoms with E-state index in [-0.39, 0.29) is 17.8 Å². The zero-order valence-electron chi connectivity index (χ0n) is 11.4. The first-order valence-electron chi connectivity index (χ1n) is 6.72. The fourth-order valence-electron chi connectivity index (χ4n) is 2.64. The van der Waals surface area contributed by atoms with Crippen LogP contribution in [0.5, 0.6) is 0 Å². The fraction of sp³-hybridized carbons (Fsp3) is 0.533. The van der Waals surface area contributed by atoms with Gasteiger partial charge in [-0.15, -0.1) is 0 Å². The van der Waals surface area contributed by atoms with Crippen molar-refractivity contribution in [1.29, 1.82) is 0 Å². The molecule has 4 heteroatoms. The molecule has 0 aromatic heterocycles. The molecule has 1 aliphatic rings. The lowest BCUT2D eigenvalue weighted by Gasteiger charge is -2.35. The lowest BCUT2D eigenvalue weighted by molar-refractivity contribution is -0.143. The van der Waals surface area contributed by atoms with Gasteiger partial charge in [-0.1, -0.05) is 12.1 Å². The molecule has 0 spiro atoms. The van der Waals surface area contributed by atoms with Crippen LogP contribution >= 0.6 is 0 Å². The quantitative estimate of drug-likeness (QED) is 0.913. The van der Waals surface area contributed by atoms with E-state index in [4.69, 9.17) is 5.11 Å². The monoisotopic (exact) mass is 265 g/mol. The highest BCUT2D eigenvalue weighted by Gasteiger charge is 2.28. The minimum Gasteiger partial charge on any atom is -0.481 e. The Morgan fingerprint density at radius 3 is 2.89 bits per heavy atom. The average Bonchev–Trinajstić information content (AvgIpc) is 2.41. The highest BCUT2D eigenvalue weighted by atomic mass is 19.1. The van der Waals surface area contributed by atoms with Crippen molar-refractivity contribution >= 4 is 5.97 Å². The van der Waals surface area contributed by atoms with Crippen LogP contribution in [0.25, 0.3) is 0 Å². The van der Waals surface area contributed by atoms with Crippen molar-refractivity contribution in [2.24, 2.45) is 5.92 Å². The van der Waals surface area contributed by atoms with Crippen molar-refractivity contribution < 1.29 is 14.3 Å². The molecule has 1 N–H and O–H groups in total. The lowest BCUT2D eigenvalue weighted by atomic mass is 9.95. The molecule has 0 bridgehead atoms. The number of hydrogen-bond acceptors (Lipinski definition) is 2. The van der Waals surface area contributed by atoms with Crippen molar-refractivity contribution in [3.63, 3.8) is 0 Å². The molecular weight excluding hydrogens is 245 g/mol. The van der Waals surface area contributed by atoms with Crippen LogP contribution in [0, 0.1) is 18.7 Å². The number of halogens is 1. The standard InChI is InChI=1S/C15H20FNO2/c1-10-5-6-12(8-14(10)16)11(2)17-7-3-4-13(9-17)15(18)19/h5-6,8,11,13H,3-4,7,9H2,1-2H3,(H,18,19). The second-order valence-electron chi connectivity index (χ2n) is 5.36. The normalized spacial score (nSPS) is 22.2. The second kappa shape index (κ2) is 5.70. The average molecular weight is 265 g/mol. The molecule has 1 heterocycles. The first kappa shape index (κ1) is 14.0. The molecule has 2 unspecified atom stereocenters. The number of hydrogen-bond donors (Lipinski definition) is 1. The van der Waals surface area contributed by atoms with Crippen LogP contribution in [0.4, 0.5) is 4.39 Å². The predicted molar refractivity (Wildman–Crippen MR) is 71.5 cm³/mol. The molecule has 0 amide bonds. The highest BCUT2D eigenvalue weighted by Crippen LogP contribution is 2.27. The van der Waals surface area contributed by atoms with E-state index in [9.17, 15) is 9.18 Å². The van der Waals surface area contributed by atoms with E-state index < -0.39 is 5.97 Å². The van der Waals surface area contributed by atoms with E-state index in [0.717, 1.165) is 24.9 Å². The number of piperidine rings is 1. The first-order valence-corrected chi connectivity index (χ1v) is 6.72. The number of benzene rings is 1. The third kappa shape index (κ3) is 3.13. The number of carbonyl (C=O) groups is 1. The maximum absolute atomic E-state index is 13.6. The summed E-state index contributed by atoms with van der Waals surface area (Å²) >= 11 is 0. The SMILES string of the molecule is Cc1ccc(C(C)N2CCCC(C(=O)O)C2)cc1F. The van der Waals surface area contributed by atoms with Gasteiger partial charge >= 0.3 is 5.97 Å². The topological polar surface area (TPSA) is 40.5 Å². The molecule has 1 fully saturated rings.